The molecule has 112 valence electrons. The molecule has 0 aliphatic rings. The normalized spacial score (nSPS) is 12.2. The third kappa shape index (κ3) is 5.03. The zero-order valence-corrected chi connectivity index (χ0v) is 12.7. The van der Waals surface area contributed by atoms with Gasteiger partial charge in [-0.15, -0.1) is 0 Å². The van der Waals surface area contributed by atoms with Gasteiger partial charge in [0.2, 0.25) is 0 Å². The van der Waals surface area contributed by atoms with Crippen molar-refractivity contribution in [2.75, 3.05) is 0 Å². The van der Waals surface area contributed by atoms with Crippen LogP contribution in [-0.2, 0) is 13.0 Å². The highest BCUT2D eigenvalue weighted by Crippen LogP contribution is 2.20. The van der Waals surface area contributed by atoms with Crippen LogP contribution < -0.4 is 10.5 Å². The van der Waals surface area contributed by atoms with E-state index in [1.807, 2.05) is 31.2 Å². The number of ether oxygens (including phenoxy) is 1. The van der Waals surface area contributed by atoms with Gasteiger partial charge >= 0.3 is 0 Å². The monoisotopic (exact) mass is 307 g/mol. The lowest BCUT2D eigenvalue weighted by Crippen LogP contribution is -2.21. The van der Waals surface area contributed by atoms with Gasteiger partial charge in [0, 0.05) is 17.1 Å². The van der Waals surface area contributed by atoms with E-state index in [0.29, 0.717) is 23.8 Å². The Morgan fingerprint density at radius 2 is 2.00 bits per heavy atom. The molecule has 2 aromatic carbocycles. The molecule has 1 atom stereocenters. The Kier molecular flexibility index (Phi) is 5.59. The second-order valence-electron chi connectivity index (χ2n) is 5.09. The van der Waals surface area contributed by atoms with Gasteiger partial charge in [-0.1, -0.05) is 30.7 Å². The van der Waals surface area contributed by atoms with E-state index in [9.17, 15) is 4.39 Å². The van der Waals surface area contributed by atoms with Crippen LogP contribution in [0.4, 0.5) is 4.39 Å². The number of halogens is 2. The van der Waals surface area contributed by atoms with Gasteiger partial charge in [0.05, 0.1) is 0 Å². The molecule has 0 aromatic heterocycles. The van der Waals surface area contributed by atoms with Crippen LogP contribution in [0.25, 0.3) is 0 Å². The van der Waals surface area contributed by atoms with Crippen LogP contribution in [0.15, 0.2) is 42.5 Å². The summed E-state index contributed by atoms with van der Waals surface area (Å²) in [5.74, 6) is 0.199. The summed E-state index contributed by atoms with van der Waals surface area (Å²) in [6.07, 6.45) is 1.50. The van der Waals surface area contributed by atoms with Crippen LogP contribution in [-0.4, -0.2) is 6.04 Å². The van der Waals surface area contributed by atoms with Gasteiger partial charge in [0.15, 0.2) is 0 Å². The molecule has 2 rings (SSSR count). The minimum absolute atomic E-state index is 0.0348. The molecule has 0 aliphatic carbocycles. The van der Waals surface area contributed by atoms with Crippen molar-refractivity contribution in [1.29, 1.82) is 0 Å². The maximum atomic E-state index is 13.6. The van der Waals surface area contributed by atoms with Crippen molar-refractivity contribution in [3.8, 4) is 5.75 Å². The lowest BCUT2D eigenvalue weighted by molar-refractivity contribution is 0.304. The Hall–Kier alpha value is -1.58. The van der Waals surface area contributed by atoms with Gasteiger partial charge in [-0.3, -0.25) is 0 Å². The molecular weight excluding hydrogens is 289 g/mol. The summed E-state index contributed by atoms with van der Waals surface area (Å²) in [7, 11) is 0. The number of benzene rings is 2. The smallest absolute Gasteiger partial charge is 0.127 e. The van der Waals surface area contributed by atoms with Crippen LogP contribution in [0.3, 0.4) is 0 Å². The molecule has 0 bridgehead atoms. The SMILES string of the molecule is CCC(N)Cc1cc(F)cc(OCc2cccc(Cl)c2)c1. The Balaban J connectivity index is 2.06. The molecule has 2 aromatic rings. The fourth-order valence-electron chi connectivity index (χ4n) is 2.06. The van der Waals surface area contributed by atoms with Crippen molar-refractivity contribution in [2.24, 2.45) is 5.73 Å². The molecule has 2 nitrogen and oxygen atoms in total. The van der Waals surface area contributed by atoms with Crippen LogP contribution in [0.2, 0.25) is 5.02 Å². The first-order valence-electron chi connectivity index (χ1n) is 6.99. The number of rotatable bonds is 6. The molecule has 2 N–H and O–H groups in total. The average molecular weight is 308 g/mol. The lowest BCUT2D eigenvalue weighted by Gasteiger charge is -2.12. The molecule has 0 fully saturated rings. The first kappa shape index (κ1) is 15.8. The minimum atomic E-state index is -0.308. The summed E-state index contributed by atoms with van der Waals surface area (Å²) in [6, 6.07) is 12.2. The molecule has 0 saturated carbocycles. The van der Waals surface area contributed by atoms with Crippen molar-refractivity contribution in [2.45, 2.75) is 32.4 Å². The van der Waals surface area contributed by atoms with Gasteiger partial charge in [-0.2, -0.15) is 0 Å². The summed E-state index contributed by atoms with van der Waals surface area (Å²) >= 11 is 5.92. The molecule has 0 saturated heterocycles. The van der Waals surface area contributed by atoms with Crippen molar-refractivity contribution in [3.05, 3.63) is 64.4 Å². The van der Waals surface area contributed by atoms with Crippen molar-refractivity contribution < 1.29 is 9.13 Å². The molecule has 0 spiro atoms. The molecule has 0 heterocycles. The highest BCUT2D eigenvalue weighted by Gasteiger charge is 2.06. The molecular formula is C17H19ClFNO. The van der Waals surface area contributed by atoms with E-state index in [1.165, 1.54) is 12.1 Å². The van der Waals surface area contributed by atoms with E-state index in [4.69, 9.17) is 22.1 Å². The minimum Gasteiger partial charge on any atom is -0.489 e. The maximum absolute atomic E-state index is 13.6. The predicted molar refractivity (Wildman–Crippen MR) is 84.2 cm³/mol. The van der Waals surface area contributed by atoms with E-state index < -0.39 is 0 Å². The summed E-state index contributed by atoms with van der Waals surface area (Å²) < 4.78 is 19.3. The fourth-order valence-corrected chi connectivity index (χ4v) is 2.28. The van der Waals surface area contributed by atoms with Crippen molar-refractivity contribution >= 4 is 11.6 Å². The summed E-state index contributed by atoms with van der Waals surface area (Å²) in [6.45, 7) is 2.36. The first-order valence-corrected chi connectivity index (χ1v) is 7.37. The number of hydrogen-bond acceptors (Lipinski definition) is 2. The Bertz CT molecular complexity index is 603. The average Bonchev–Trinajstić information content (AvgIpc) is 2.44. The van der Waals surface area contributed by atoms with Gasteiger partial charge in [-0.25, -0.2) is 4.39 Å². The largest absolute Gasteiger partial charge is 0.489 e. The van der Waals surface area contributed by atoms with Crippen molar-refractivity contribution in [1.82, 2.24) is 0 Å². The van der Waals surface area contributed by atoms with Crippen LogP contribution >= 0.6 is 11.6 Å². The maximum Gasteiger partial charge on any atom is 0.127 e. The Morgan fingerprint density at radius 3 is 2.71 bits per heavy atom. The summed E-state index contributed by atoms with van der Waals surface area (Å²) in [4.78, 5) is 0. The summed E-state index contributed by atoms with van der Waals surface area (Å²) in [5.41, 5.74) is 7.70. The highest BCUT2D eigenvalue weighted by molar-refractivity contribution is 6.30. The molecule has 1 unspecified atom stereocenters. The topological polar surface area (TPSA) is 35.2 Å². The van der Waals surface area contributed by atoms with E-state index >= 15 is 0 Å². The molecule has 21 heavy (non-hydrogen) atoms. The lowest BCUT2D eigenvalue weighted by atomic mass is 10.0. The van der Waals surface area contributed by atoms with E-state index in [-0.39, 0.29) is 11.9 Å². The highest BCUT2D eigenvalue weighted by atomic mass is 35.5. The van der Waals surface area contributed by atoms with Crippen LogP contribution in [0, 0.1) is 5.82 Å². The van der Waals surface area contributed by atoms with Gasteiger partial charge in [0.25, 0.3) is 0 Å². The van der Waals surface area contributed by atoms with E-state index in [2.05, 4.69) is 0 Å². The molecule has 0 radical (unpaired) electrons. The quantitative estimate of drug-likeness (QED) is 0.861. The van der Waals surface area contributed by atoms with E-state index in [0.717, 1.165) is 17.5 Å². The van der Waals surface area contributed by atoms with Gasteiger partial charge in [-0.05, 0) is 48.2 Å². The van der Waals surface area contributed by atoms with Gasteiger partial charge < -0.3 is 10.5 Å². The third-order valence-electron chi connectivity index (χ3n) is 3.25. The van der Waals surface area contributed by atoms with Crippen LogP contribution in [0.1, 0.15) is 24.5 Å². The molecule has 4 heteroatoms. The van der Waals surface area contributed by atoms with E-state index in [1.54, 1.807) is 6.07 Å². The summed E-state index contributed by atoms with van der Waals surface area (Å²) in [5, 5.41) is 0.657. The third-order valence-corrected chi connectivity index (χ3v) is 3.48. The Labute approximate surface area is 129 Å². The fraction of sp³-hybridized carbons (Fsp3) is 0.294. The van der Waals surface area contributed by atoms with Crippen LogP contribution in [0.5, 0.6) is 5.75 Å². The second kappa shape index (κ2) is 7.43. The van der Waals surface area contributed by atoms with Gasteiger partial charge in [0.1, 0.15) is 18.2 Å². The zero-order valence-electron chi connectivity index (χ0n) is 12.0. The van der Waals surface area contributed by atoms with Crippen molar-refractivity contribution in [3.63, 3.8) is 0 Å². The number of hydrogen-bond donors (Lipinski definition) is 1. The number of nitrogens with two attached hydrogens (primary N) is 1. The Morgan fingerprint density at radius 1 is 1.19 bits per heavy atom. The molecule has 0 amide bonds. The predicted octanol–water partition coefficient (Wildman–Crippen LogP) is 4.34. The second-order valence-corrected chi connectivity index (χ2v) is 5.52. The zero-order chi connectivity index (χ0) is 15.2. The standard InChI is InChI=1S/C17H19ClFNO/c1-2-16(20)8-13-7-15(19)10-17(9-13)21-11-12-4-3-5-14(18)6-12/h3-7,9-10,16H,2,8,11,20H2,1H3. The first-order chi connectivity index (χ1) is 10.1. The molecule has 0 aliphatic heterocycles.